The third-order valence-electron chi connectivity index (χ3n) is 5.20. The Kier molecular flexibility index (Phi) is 5.26. The average Bonchev–Trinajstić information content (AvgIpc) is 3.19. The van der Waals surface area contributed by atoms with Crippen molar-refractivity contribution in [2.75, 3.05) is 32.8 Å². The molecule has 4 rings (SSSR count). The number of amides is 1. The lowest BCUT2D eigenvalue weighted by Gasteiger charge is -2.35. The number of aromatic nitrogens is 3. The molecule has 7 nitrogen and oxygen atoms in total. The van der Waals surface area contributed by atoms with Gasteiger partial charge in [0.2, 0.25) is 0 Å². The fraction of sp³-hybridized carbons (Fsp3) is 0.526. The molecule has 1 amide bonds. The molecule has 0 spiro atoms. The molecule has 2 fully saturated rings. The Bertz CT molecular complexity index is 727. The highest BCUT2D eigenvalue weighted by atomic mass is 16.5. The second-order valence-corrected chi connectivity index (χ2v) is 6.96. The first kappa shape index (κ1) is 17.2. The summed E-state index contributed by atoms with van der Waals surface area (Å²) in [6.07, 6.45) is 7.19. The van der Waals surface area contributed by atoms with E-state index in [0.717, 1.165) is 25.2 Å². The number of nitrogens with one attached hydrogen (secondary N) is 1. The second kappa shape index (κ2) is 7.97. The molecular formula is C19H25N5O2. The Labute approximate surface area is 153 Å². The number of hydrogen-bond acceptors (Lipinski definition) is 5. The highest BCUT2D eigenvalue weighted by molar-refractivity contribution is 5.92. The third kappa shape index (κ3) is 3.78. The number of likely N-dealkylation sites (tertiary alicyclic amines) is 1. The third-order valence-corrected chi connectivity index (χ3v) is 5.20. The maximum Gasteiger partial charge on any atom is 0.274 e. The molecule has 1 atom stereocenters. The Balaban J connectivity index is 1.48. The Hall–Kier alpha value is -2.25. The first-order valence-corrected chi connectivity index (χ1v) is 9.36. The number of carbonyl (C=O) groups excluding carboxylic acids is 1. The predicted molar refractivity (Wildman–Crippen MR) is 96.5 cm³/mol. The van der Waals surface area contributed by atoms with Gasteiger partial charge in [-0.2, -0.15) is 5.10 Å². The van der Waals surface area contributed by atoms with Crippen LogP contribution in [0.2, 0.25) is 0 Å². The summed E-state index contributed by atoms with van der Waals surface area (Å²) < 4.78 is 5.32. The number of morpholine rings is 1. The van der Waals surface area contributed by atoms with Gasteiger partial charge >= 0.3 is 0 Å². The minimum absolute atomic E-state index is 0.00887. The summed E-state index contributed by atoms with van der Waals surface area (Å²) in [5, 5.41) is 7.44. The number of ether oxygens (including phenoxy) is 1. The largest absolute Gasteiger partial charge is 0.378 e. The quantitative estimate of drug-likeness (QED) is 0.908. The van der Waals surface area contributed by atoms with E-state index in [1.54, 1.807) is 6.20 Å². The number of carbonyl (C=O) groups is 1. The van der Waals surface area contributed by atoms with Gasteiger partial charge in [-0.05, 0) is 37.1 Å². The van der Waals surface area contributed by atoms with E-state index in [1.165, 1.54) is 18.4 Å². The number of rotatable bonds is 4. The van der Waals surface area contributed by atoms with Crippen LogP contribution in [0.1, 0.15) is 47.1 Å². The molecule has 0 radical (unpaired) electrons. The van der Waals surface area contributed by atoms with Crippen molar-refractivity contribution in [2.24, 2.45) is 0 Å². The van der Waals surface area contributed by atoms with E-state index in [4.69, 9.17) is 4.74 Å². The zero-order valence-corrected chi connectivity index (χ0v) is 14.9. The van der Waals surface area contributed by atoms with E-state index in [1.807, 2.05) is 23.2 Å². The van der Waals surface area contributed by atoms with Crippen LogP contribution in [0.25, 0.3) is 0 Å². The minimum Gasteiger partial charge on any atom is -0.378 e. The van der Waals surface area contributed by atoms with Crippen LogP contribution in [0.3, 0.4) is 0 Å². The summed E-state index contributed by atoms with van der Waals surface area (Å²) in [5.74, 6) is -0.00887. The number of pyridine rings is 1. The lowest BCUT2D eigenvalue weighted by molar-refractivity contribution is 0.0299. The van der Waals surface area contributed by atoms with Crippen LogP contribution in [0.4, 0.5) is 0 Å². The molecule has 2 aromatic rings. The number of nitrogens with zero attached hydrogens (tertiary/aromatic N) is 4. The molecular weight excluding hydrogens is 330 g/mol. The zero-order valence-electron chi connectivity index (χ0n) is 14.9. The Morgan fingerprint density at radius 2 is 2.15 bits per heavy atom. The summed E-state index contributed by atoms with van der Waals surface area (Å²) >= 11 is 0. The first-order valence-electron chi connectivity index (χ1n) is 9.36. The van der Waals surface area contributed by atoms with Crippen LogP contribution in [0, 0.1) is 0 Å². The van der Waals surface area contributed by atoms with Crippen molar-refractivity contribution in [1.29, 1.82) is 0 Å². The van der Waals surface area contributed by atoms with Gasteiger partial charge in [-0.3, -0.25) is 19.8 Å². The van der Waals surface area contributed by atoms with Crippen LogP contribution < -0.4 is 0 Å². The fourth-order valence-electron chi connectivity index (χ4n) is 3.80. The van der Waals surface area contributed by atoms with Gasteiger partial charge in [0, 0.05) is 32.0 Å². The molecule has 2 aliphatic rings. The lowest BCUT2D eigenvalue weighted by atomic mass is 9.98. The van der Waals surface area contributed by atoms with Crippen LogP contribution in [0.15, 0.2) is 30.6 Å². The molecule has 2 aliphatic heterocycles. The molecule has 2 aromatic heterocycles. The van der Waals surface area contributed by atoms with Crippen molar-refractivity contribution in [1.82, 2.24) is 25.0 Å². The summed E-state index contributed by atoms with van der Waals surface area (Å²) in [5.41, 5.74) is 2.75. The molecule has 1 N–H and O–H groups in total. The van der Waals surface area contributed by atoms with Crippen molar-refractivity contribution >= 4 is 5.91 Å². The second-order valence-electron chi connectivity index (χ2n) is 6.96. The molecule has 0 saturated carbocycles. The zero-order chi connectivity index (χ0) is 17.8. The first-order chi connectivity index (χ1) is 12.8. The van der Waals surface area contributed by atoms with Crippen molar-refractivity contribution in [3.8, 4) is 0 Å². The van der Waals surface area contributed by atoms with E-state index in [2.05, 4.69) is 26.1 Å². The molecule has 1 unspecified atom stereocenters. The van der Waals surface area contributed by atoms with E-state index >= 15 is 0 Å². The van der Waals surface area contributed by atoms with E-state index in [-0.39, 0.29) is 11.9 Å². The van der Waals surface area contributed by atoms with Gasteiger partial charge in [0.25, 0.3) is 5.91 Å². The van der Waals surface area contributed by atoms with Crippen LogP contribution >= 0.6 is 0 Å². The summed E-state index contributed by atoms with van der Waals surface area (Å²) in [6, 6.07) is 6.29. The highest BCUT2D eigenvalue weighted by Crippen LogP contribution is 2.31. The van der Waals surface area contributed by atoms with E-state index < -0.39 is 0 Å². The summed E-state index contributed by atoms with van der Waals surface area (Å²) in [4.78, 5) is 21.1. The number of hydrogen-bond donors (Lipinski definition) is 1. The maximum absolute atomic E-state index is 12.6. The molecule has 138 valence electrons. The van der Waals surface area contributed by atoms with Gasteiger partial charge in [0.1, 0.15) is 5.69 Å². The van der Waals surface area contributed by atoms with Gasteiger partial charge < -0.3 is 9.64 Å². The fourth-order valence-corrected chi connectivity index (χ4v) is 3.80. The van der Waals surface area contributed by atoms with E-state index in [9.17, 15) is 4.79 Å². The SMILES string of the molecule is O=C(c1cc(C2CCCCN2Cc2cccnc2)[nH]n1)N1CCOCC1. The van der Waals surface area contributed by atoms with Gasteiger partial charge in [-0.15, -0.1) is 0 Å². The monoisotopic (exact) mass is 355 g/mol. The van der Waals surface area contributed by atoms with Crippen molar-refractivity contribution in [3.05, 3.63) is 47.5 Å². The van der Waals surface area contributed by atoms with Crippen molar-refractivity contribution in [3.63, 3.8) is 0 Å². The van der Waals surface area contributed by atoms with Gasteiger partial charge in [0.05, 0.1) is 24.9 Å². The van der Waals surface area contributed by atoms with Crippen LogP contribution in [0.5, 0.6) is 0 Å². The maximum atomic E-state index is 12.6. The van der Waals surface area contributed by atoms with Crippen LogP contribution in [-0.4, -0.2) is 63.7 Å². The lowest BCUT2D eigenvalue weighted by Crippen LogP contribution is -2.40. The normalized spacial score (nSPS) is 21.7. The van der Waals surface area contributed by atoms with Crippen molar-refractivity contribution < 1.29 is 9.53 Å². The topological polar surface area (TPSA) is 74.4 Å². The Morgan fingerprint density at radius 1 is 1.27 bits per heavy atom. The standard InChI is InChI=1S/C19H25N5O2/c25-19(23-8-10-26-11-9-23)17-12-16(21-22-17)18-5-1-2-7-24(18)14-15-4-3-6-20-13-15/h3-4,6,12-13,18H,1-2,5,7-11,14H2,(H,21,22). The molecule has 0 aromatic carbocycles. The summed E-state index contributed by atoms with van der Waals surface area (Å²) in [6.45, 7) is 4.39. The number of aromatic amines is 1. The van der Waals surface area contributed by atoms with E-state index in [0.29, 0.717) is 32.0 Å². The predicted octanol–water partition coefficient (Wildman–Crippen LogP) is 2.00. The molecule has 0 aliphatic carbocycles. The Morgan fingerprint density at radius 3 is 2.96 bits per heavy atom. The molecule has 26 heavy (non-hydrogen) atoms. The minimum atomic E-state index is -0.00887. The van der Waals surface area contributed by atoms with Crippen molar-refractivity contribution in [2.45, 2.75) is 31.8 Å². The van der Waals surface area contributed by atoms with Gasteiger partial charge in [-0.1, -0.05) is 12.5 Å². The molecule has 0 bridgehead atoms. The smallest absolute Gasteiger partial charge is 0.274 e. The number of piperidine rings is 1. The molecule has 4 heterocycles. The van der Waals surface area contributed by atoms with Crippen LogP contribution in [-0.2, 0) is 11.3 Å². The number of H-pyrrole nitrogens is 1. The highest BCUT2D eigenvalue weighted by Gasteiger charge is 2.28. The van der Waals surface area contributed by atoms with Gasteiger partial charge in [0.15, 0.2) is 0 Å². The average molecular weight is 355 g/mol. The molecule has 7 heteroatoms. The molecule has 2 saturated heterocycles. The van der Waals surface area contributed by atoms with Gasteiger partial charge in [-0.25, -0.2) is 0 Å². The summed E-state index contributed by atoms with van der Waals surface area (Å²) in [7, 11) is 0.